The summed E-state index contributed by atoms with van der Waals surface area (Å²) in [7, 11) is 1.66. The van der Waals surface area contributed by atoms with Crippen LogP contribution in [-0.4, -0.2) is 50.1 Å². The van der Waals surface area contributed by atoms with Gasteiger partial charge in [0.25, 0.3) is 5.91 Å². The Morgan fingerprint density at radius 2 is 2.20 bits per heavy atom. The van der Waals surface area contributed by atoms with Crippen LogP contribution in [0.15, 0.2) is 18.2 Å². The third-order valence-electron chi connectivity index (χ3n) is 4.42. The van der Waals surface area contributed by atoms with E-state index in [9.17, 15) is 4.79 Å². The van der Waals surface area contributed by atoms with Crippen molar-refractivity contribution in [2.45, 2.75) is 18.9 Å². The fraction of sp³-hybridized carbons (Fsp3) is 0.533. The molecule has 0 spiro atoms. The Morgan fingerprint density at radius 3 is 3.00 bits per heavy atom. The van der Waals surface area contributed by atoms with Crippen LogP contribution in [0.3, 0.4) is 0 Å². The lowest BCUT2D eigenvalue weighted by atomic mass is 10.1. The van der Waals surface area contributed by atoms with Crippen LogP contribution in [-0.2, 0) is 0 Å². The zero-order chi connectivity index (χ0) is 14.1. The smallest absolute Gasteiger partial charge is 0.253 e. The highest BCUT2D eigenvalue weighted by molar-refractivity contribution is 6.00. The Labute approximate surface area is 119 Å². The normalized spacial score (nSPS) is 22.6. The van der Waals surface area contributed by atoms with E-state index in [0.29, 0.717) is 17.3 Å². The molecule has 1 atom stereocenters. The van der Waals surface area contributed by atoms with E-state index in [1.54, 1.807) is 13.1 Å². The number of nitrogen functional groups attached to an aromatic ring is 1. The molecule has 1 amide bonds. The van der Waals surface area contributed by atoms with Crippen LogP contribution in [0.25, 0.3) is 0 Å². The van der Waals surface area contributed by atoms with Gasteiger partial charge in [0.15, 0.2) is 0 Å². The maximum absolute atomic E-state index is 12.0. The molecule has 3 N–H and O–H groups in total. The average molecular weight is 274 g/mol. The first kappa shape index (κ1) is 13.2. The van der Waals surface area contributed by atoms with E-state index in [1.807, 2.05) is 12.1 Å². The van der Waals surface area contributed by atoms with Crippen molar-refractivity contribution in [3.8, 4) is 0 Å². The van der Waals surface area contributed by atoms with Gasteiger partial charge >= 0.3 is 0 Å². The second-order valence-electron chi connectivity index (χ2n) is 5.63. The summed E-state index contributed by atoms with van der Waals surface area (Å²) in [5.41, 5.74) is 8.31. The Morgan fingerprint density at radius 1 is 1.35 bits per heavy atom. The number of carbonyl (C=O) groups is 1. The number of hydrogen-bond donors (Lipinski definition) is 2. The predicted molar refractivity (Wildman–Crippen MR) is 81.1 cm³/mol. The lowest BCUT2D eigenvalue weighted by Gasteiger charge is -2.39. The zero-order valence-electron chi connectivity index (χ0n) is 11.9. The van der Waals surface area contributed by atoms with Crippen LogP contribution in [0.4, 0.5) is 11.4 Å². The fourth-order valence-corrected chi connectivity index (χ4v) is 3.35. The van der Waals surface area contributed by atoms with Crippen molar-refractivity contribution in [3.63, 3.8) is 0 Å². The fourth-order valence-electron chi connectivity index (χ4n) is 3.35. The van der Waals surface area contributed by atoms with Crippen LogP contribution in [0.2, 0.25) is 0 Å². The highest BCUT2D eigenvalue weighted by Crippen LogP contribution is 2.29. The summed E-state index contributed by atoms with van der Waals surface area (Å²) in [4.78, 5) is 16.9. The summed E-state index contributed by atoms with van der Waals surface area (Å²) >= 11 is 0. The molecule has 0 aliphatic carbocycles. The van der Waals surface area contributed by atoms with Crippen LogP contribution < -0.4 is 16.0 Å². The van der Waals surface area contributed by atoms with Gasteiger partial charge in [0.2, 0.25) is 0 Å². The second-order valence-corrected chi connectivity index (χ2v) is 5.63. The van der Waals surface area contributed by atoms with Crippen molar-refractivity contribution in [1.82, 2.24) is 10.2 Å². The molecule has 2 aliphatic heterocycles. The third kappa shape index (κ3) is 2.33. The molecule has 3 rings (SSSR count). The first-order valence-corrected chi connectivity index (χ1v) is 7.29. The SMILES string of the molecule is CNC(=O)c1ccc(N)cc1N1CCN2CCCC2C1. The van der Waals surface area contributed by atoms with Gasteiger partial charge in [0.05, 0.1) is 11.3 Å². The number of fused-ring (bicyclic) bond motifs is 1. The van der Waals surface area contributed by atoms with Gasteiger partial charge < -0.3 is 16.0 Å². The summed E-state index contributed by atoms with van der Waals surface area (Å²) < 4.78 is 0. The monoisotopic (exact) mass is 274 g/mol. The molecule has 2 heterocycles. The molecule has 20 heavy (non-hydrogen) atoms. The summed E-state index contributed by atoms with van der Waals surface area (Å²) in [6.45, 7) is 4.25. The quantitative estimate of drug-likeness (QED) is 0.787. The summed E-state index contributed by atoms with van der Waals surface area (Å²) in [5, 5.41) is 2.71. The van der Waals surface area contributed by atoms with Gasteiger partial charge in [0, 0.05) is 38.4 Å². The molecule has 0 saturated carbocycles. The zero-order valence-corrected chi connectivity index (χ0v) is 11.9. The average Bonchev–Trinajstić information content (AvgIpc) is 2.93. The van der Waals surface area contributed by atoms with E-state index < -0.39 is 0 Å². The van der Waals surface area contributed by atoms with Crippen molar-refractivity contribution in [3.05, 3.63) is 23.8 Å². The molecule has 2 saturated heterocycles. The Kier molecular flexibility index (Phi) is 3.53. The van der Waals surface area contributed by atoms with Gasteiger partial charge in [0.1, 0.15) is 0 Å². The summed E-state index contributed by atoms with van der Waals surface area (Å²) in [6, 6.07) is 6.17. The Balaban J connectivity index is 1.88. The summed E-state index contributed by atoms with van der Waals surface area (Å²) in [6.07, 6.45) is 2.55. The molecular formula is C15H22N4O. The Hall–Kier alpha value is -1.75. The van der Waals surface area contributed by atoms with Gasteiger partial charge in [-0.25, -0.2) is 0 Å². The van der Waals surface area contributed by atoms with Crippen LogP contribution in [0.1, 0.15) is 23.2 Å². The number of piperazine rings is 1. The minimum Gasteiger partial charge on any atom is -0.399 e. The Bertz CT molecular complexity index is 517. The van der Waals surface area contributed by atoms with Gasteiger partial charge in [-0.1, -0.05) is 0 Å². The first-order valence-electron chi connectivity index (χ1n) is 7.29. The number of benzene rings is 1. The topological polar surface area (TPSA) is 61.6 Å². The van der Waals surface area contributed by atoms with Crippen molar-refractivity contribution >= 4 is 17.3 Å². The molecule has 1 unspecified atom stereocenters. The maximum Gasteiger partial charge on any atom is 0.253 e. The van der Waals surface area contributed by atoms with Gasteiger partial charge in [-0.2, -0.15) is 0 Å². The van der Waals surface area contributed by atoms with Gasteiger partial charge in [-0.15, -0.1) is 0 Å². The molecule has 2 fully saturated rings. The molecule has 5 heteroatoms. The van der Waals surface area contributed by atoms with Crippen LogP contribution in [0.5, 0.6) is 0 Å². The third-order valence-corrected chi connectivity index (χ3v) is 4.42. The first-order chi connectivity index (χ1) is 9.69. The number of nitrogens with one attached hydrogen (secondary N) is 1. The lowest BCUT2D eigenvalue weighted by molar-refractivity contribution is 0.0963. The number of amides is 1. The minimum absolute atomic E-state index is 0.0474. The molecule has 5 nitrogen and oxygen atoms in total. The number of nitrogens with zero attached hydrogens (tertiary/aromatic N) is 2. The van der Waals surface area contributed by atoms with E-state index in [0.717, 1.165) is 25.3 Å². The number of anilines is 2. The van der Waals surface area contributed by atoms with Crippen molar-refractivity contribution in [1.29, 1.82) is 0 Å². The molecular weight excluding hydrogens is 252 g/mol. The standard InChI is InChI=1S/C15H22N4O/c1-17-15(20)13-5-4-11(16)9-14(13)19-8-7-18-6-2-3-12(18)10-19/h4-5,9,12H,2-3,6-8,10,16H2,1H3,(H,17,20). The lowest BCUT2D eigenvalue weighted by Crippen LogP contribution is -2.50. The minimum atomic E-state index is -0.0474. The summed E-state index contributed by atoms with van der Waals surface area (Å²) in [5.74, 6) is -0.0474. The van der Waals surface area contributed by atoms with Crippen molar-refractivity contribution in [2.75, 3.05) is 43.9 Å². The molecule has 1 aromatic rings. The van der Waals surface area contributed by atoms with Crippen molar-refractivity contribution < 1.29 is 4.79 Å². The molecule has 108 valence electrons. The molecule has 0 radical (unpaired) electrons. The highest BCUT2D eigenvalue weighted by Gasteiger charge is 2.31. The molecule has 2 aliphatic rings. The number of carbonyl (C=O) groups excluding carboxylic acids is 1. The van der Waals surface area contributed by atoms with Crippen LogP contribution >= 0.6 is 0 Å². The molecule has 0 aromatic heterocycles. The van der Waals surface area contributed by atoms with E-state index in [4.69, 9.17) is 5.73 Å². The van der Waals surface area contributed by atoms with E-state index in [2.05, 4.69) is 15.1 Å². The van der Waals surface area contributed by atoms with E-state index in [-0.39, 0.29) is 5.91 Å². The van der Waals surface area contributed by atoms with E-state index in [1.165, 1.54) is 19.4 Å². The highest BCUT2D eigenvalue weighted by atomic mass is 16.1. The van der Waals surface area contributed by atoms with Gasteiger partial charge in [-0.05, 0) is 37.6 Å². The van der Waals surface area contributed by atoms with Gasteiger partial charge in [-0.3, -0.25) is 9.69 Å². The van der Waals surface area contributed by atoms with Crippen LogP contribution in [0, 0.1) is 0 Å². The maximum atomic E-state index is 12.0. The van der Waals surface area contributed by atoms with E-state index >= 15 is 0 Å². The number of nitrogens with two attached hydrogens (primary N) is 1. The largest absolute Gasteiger partial charge is 0.399 e. The number of hydrogen-bond acceptors (Lipinski definition) is 4. The predicted octanol–water partition coefficient (Wildman–Crippen LogP) is 0.913. The number of rotatable bonds is 2. The molecule has 1 aromatic carbocycles. The van der Waals surface area contributed by atoms with Crippen molar-refractivity contribution in [2.24, 2.45) is 0 Å². The second kappa shape index (κ2) is 5.32. The molecule has 0 bridgehead atoms.